The Hall–Kier alpha value is -1.69. The van der Waals surface area contributed by atoms with Crippen molar-refractivity contribution < 1.29 is 18.7 Å². The number of hydrogen-bond acceptors (Lipinski definition) is 3. The average molecular weight is 467 g/mol. The number of unbranched alkanes of at least 4 members (excludes halogenated alkanes) is 1. The molecule has 2 aromatic rings. The van der Waals surface area contributed by atoms with Gasteiger partial charge in [-0.05, 0) is 57.1 Å². The number of aromatic nitrogens is 1. The van der Waals surface area contributed by atoms with Gasteiger partial charge < -0.3 is 19.7 Å². The van der Waals surface area contributed by atoms with Crippen LogP contribution in [0.25, 0.3) is 10.9 Å². The summed E-state index contributed by atoms with van der Waals surface area (Å²) in [7, 11) is -4.04. The SMILES string of the molecule is CCC(CC)n1cc(CCCCP(=O)(O)O)c(=O)c2cc(F)c(NC3CCCCC3)cc21. The third-order valence-corrected chi connectivity index (χ3v) is 7.54. The molecule has 0 radical (unpaired) electrons. The molecule has 3 rings (SSSR count). The molecular formula is C24H36FN2O4P. The molecule has 0 atom stereocenters. The summed E-state index contributed by atoms with van der Waals surface area (Å²) < 4.78 is 28.2. The molecule has 8 heteroatoms. The maximum atomic E-state index is 15.0. The molecule has 6 nitrogen and oxygen atoms in total. The number of fused-ring (bicyclic) bond motifs is 1. The van der Waals surface area contributed by atoms with Gasteiger partial charge in [0.15, 0.2) is 5.43 Å². The minimum atomic E-state index is -4.04. The second-order valence-corrected chi connectivity index (χ2v) is 10.8. The molecule has 3 N–H and O–H groups in total. The number of halogens is 1. The van der Waals surface area contributed by atoms with Crippen molar-refractivity contribution >= 4 is 24.2 Å². The molecule has 0 spiro atoms. The van der Waals surface area contributed by atoms with Crippen LogP contribution in [-0.4, -0.2) is 26.6 Å². The number of anilines is 1. The molecule has 1 heterocycles. The molecule has 1 aromatic heterocycles. The molecule has 0 aliphatic heterocycles. The maximum Gasteiger partial charge on any atom is 0.325 e. The Bertz CT molecular complexity index is 1020. The summed E-state index contributed by atoms with van der Waals surface area (Å²) >= 11 is 0. The van der Waals surface area contributed by atoms with Crippen molar-refractivity contribution in [1.29, 1.82) is 0 Å². The Morgan fingerprint density at radius 2 is 1.84 bits per heavy atom. The number of benzene rings is 1. The van der Waals surface area contributed by atoms with E-state index in [2.05, 4.69) is 23.7 Å². The molecule has 178 valence electrons. The lowest BCUT2D eigenvalue weighted by Gasteiger charge is -2.26. The second kappa shape index (κ2) is 11.0. The van der Waals surface area contributed by atoms with E-state index < -0.39 is 13.4 Å². The smallest absolute Gasteiger partial charge is 0.325 e. The minimum absolute atomic E-state index is 0.181. The highest BCUT2D eigenvalue weighted by atomic mass is 31.2. The summed E-state index contributed by atoms with van der Waals surface area (Å²) in [6.07, 6.45) is 10.3. The summed E-state index contributed by atoms with van der Waals surface area (Å²) in [5, 5.41) is 3.74. The molecule has 0 bridgehead atoms. The highest BCUT2D eigenvalue weighted by Crippen LogP contribution is 2.35. The summed E-state index contributed by atoms with van der Waals surface area (Å²) in [5.74, 6) is -0.407. The highest BCUT2D eigenvalue weighted by molar-refractivity contribution is 7.51. The Labute approximate surface area is 189 Å². The topological polar surface area (TPSA) is 91.6 Å². The van der Waals surface area contributed by atoms with Crippen molar-refractivity contribution in [3.05, 3.63) is 39.9 Å². The van der Waals surface area contributed by atoms with Crippen LogP contribution < -0.4 is 10.7 Å². The van der Waals surface area contributed by atoms with Crippen LogP contribution in [0.5, 0.6) is 0 Å². The number of nitrogens with one attached hydrogen (secondary N) is 1. The minimum Gasteiger partial charge on any atom is -0.380 e. The summed E-state index contributed by atoms with van der Waals surface area (Å²) in [4.78, 5) is 31.3. The van der Waals surface area contributed by atoms with Crippen LogP contribution in [0.3, 0.4) is 0 Å². The van der Waals surface area contributed by atoms with Gasteiger partial charge in [0.05, 0.1) is 11.2 Å². The van der Waals surface area contributed by atoms with E-state index in [9.17, 15) is 9.36 Å². The first-order valence-corrected chi connectivity index (χ1v) is 13.7. The predicted octanol–water partition coefficient (Wildman–Crippen LogP) is 5.75. The fraction of sp³-hybridized carbons (Fsp3) is 0.625. The van der Waals surface area contributed by atoms with Crippen LogP contribution >= 0.6 is 7.60 Å². The highest BCUT2D eigenvalue weighted by Gasteiger charge is 2.20. The third-order valence-electron chi connectivity index (χ3n) is 6.64. The first kappa shape index (κ1) is 24.9. The molecule has 1 aliphatic rings. The average Bonchev–Trinajstić information content (AvgIpc) is 2.75. The van der Waals surface area contributed by atoms with E-state index in [0.29, 0.717) is 35.9 Å². The van der Waals surface area contributed by atoms with Gasteiger partial charge in [-0.2, -0.15) is 0 Å². The summed E-state index contributed by atoms with van der Waals surface area (Å²) in [6, 6.07) is 3.59. The largest absolute Gasteiger partial charge is 0.380 e. The van der Waals surface area contributed by atoms with Gasteiger partial charge in [0.1, 0.15) is 5.82 Å². The first-order chi connectivity index (χ1) is 15.2. The predicted molar refractivity (Wildman–Crippen MR) is 128 cm³/mol. The van der Waals surface area contributed by atoms with Gasteiger partial charge in [-0.3, -0.25) is 9.36 Å². The van der Waals surface area contributed by atoms with Crippen LogP contribution in [0, 0.1) is 5.82 Å². The van der Waals surface area contributed by atoms with E-state index in [-0.39, 0.29) is 23.7 Å². The van der Waals surface area contributed by atoms with E-state index >= 15 is 4.39 Å². The van der Waals surface area contributed by atoms with Crippen molar-refractivity contribution in [2.45, 2.75) is 90.1 Å². The van der Waals surface area contributed by atoms with E-state index in [0.717, 1.165) is 44.0 Å². The first-order valence-electron chi connectivity index (χ1n) is 11.9. The van der Waals surface area contributed by atoms with Gasteiger partial charge in [-0.1, -0.05) is 33.1 Å². The zero-order chi connectivity index (χ0) is 23.3. The van der Waals surface area contributed by atoms with Crippen LogP contribution in [0.15, 0.2) is 23.1 Å². The molecule has 1 fully saturated rings. The molecule has 1 saturated carbocycles. The molecule has 0 saturated heterocycles. The number of rotatable bonds is 10. The van der Waals surface area contributed by atoms with Crippen molar-refractivity contribution in [3.8, 4) is 0 Å². The Morgan fingerprint density at radius 1 is 1.16 bits per heavy atom. The van der Waals surface area contributed by atoms with E-state index in [1.54, 1.807) is 6.07 Å². The number of hydrogen-bond donors (Lipinski definition) is 3. The van der Waals surface area contributed by atoms with Gasteiger partial charge in [-0.25, -0.2) is 4.39 Å². The number of aryl methyl sites for hydroxylation is 1. The summed E-state index contributed by atoms with van der Waals surface area (Å²) in [5.41, 5.74) is 1.57. The van der Waals surface area contributed by atoms with Gasteiger partial charge >= 0.3 is 7.60 Å². The molecule has 1 aliphatic carbocycles. The third kappa shape index (κ3) is 6.21. The Kier molecular flexibility index (Phi) is 8.54. The van der Waals surface area contributed by atoms with Gasteiger partial charge in [0, 0.05) is 35.4 Å². The molecule has 0 unspecified atom stereocenters. The summed E-state index contributed by atoms with van der Waals surface area (Å²) in [6.45, 7) is 4.20. The molecular weight excluding hydrogens is 430 g/mol. The lowest BCUT2D eigenvalue weighted by atomic mass is 9.95. The van der Waals surface area contributed by atoms with Crippen LogP contribution in [0.2, 0.25) is 0 Å². The van der Waals surface area contributed by atoms with E-state index in [1.165, 1.54) is 12.5 Å². The zero-order valence-electron chi connectivity index (χ0n) is 19.1. The van der Waals surface area contributed by atoms with Crippen LogP contribution in [-0.2, 0) is 11.0 Å². The van der Waals surface area contributed by atoms with Crippen molar-refractivity contribution in [2.75, 3.05) is 11.5 Å². The zero-order valence-corrected chi connectivity index (χ0v) is 20.0. The lowest BCUT2D eigenvalue weighted by Crippen LogP contribution is -2.23. The maximum absolute atomic E-state index is 15.0. The Morgan fingerprint density at radius 3 is 2.47 bits per heavy atom. The van der Waals surface area contributed by atoms with Crippen molar-refractivity contribution in [3.63, 3.8) is 0 Å². The monoisotopic (exact) mass is 466 g/mol. The van der Waals surface area contributed by atoms with Crippen molar-refractivity contribution in [2.24, 2.45) is 0 Å². The van der Waals surface area contributed by atoms with Gasteiger partial charge in [0.25, 0.3) is 0 Å². The second-order valence-electron chi connectivity index (χ2n) is 9.03. The number of pyridine rings is 1. The lowest BCUT2D eigenvalue weighted by molar-refractivity contribution is 0.371. The van der Waals surface area contributed by atoms with Crippen LogP contribution in [0.4, 0.5) is 10.1 Å². The Balaban J connectivity index is 1.98. The molecule has 32 heavy (non-hydrogen) atoms. The van der Waals surface area contributed by atoms with E-state index in [4.69, 9.17) is 9.79 Å². The van der Waals surface area contributed by atoms with Gasteiger partial charge in [-0.15, -0.1) is 0 Å². The fourth-order valence-corrected chi connectivity index (χ4v) is 5.43. The van der Waals surface area contributed by atoms with Crippen molar-refractivity contribution in [1.82, 2.24) is 4.57 Å². The van der Waals surface area contributed by atoms with Gasteiger partial charge in [0.2, 0.25) is 0 Å². The van der Waals surface area contributed by atoms with Crippen LogP contribution in [0.1, 0.15) is 83.2 Å². The molecule has 0 amide bonds. The fourth-order valence-electron chi connectivity index (χ4n) is 4.80. The van der Waals surface area contributed by atoms with E-state index in [1.807, 2.05) is 6.20 Å². The molecule has 1 aromatic carbocycles. The quantitative estimate of drug-likeness (QED) is 0.306. The normalized spacial score (nSPS) is 15.6. The number of nitrogens with zero attached hydrogens (tertiary/aromatic N) is 1. The standard InChI is InChI=1S/C24H36FN2O4P/c1-3-19(4-2)27-16-17(10-8-9-13-32(29,30)31)24(28)20-14-21(25)22(15-23(20)27)26-18-11-6-5-7-12-18/h14-16,18-19,26H,3-13H2,1-2H3,(H2,29,30,31).